The molecular weight excluding hydrogens is 348 g/mol. The highest BCUT2D eigenvalue weighted by Crippen LogP contribution is 2.45. The van der Waals surface area contributed by atoms with E-state index in [4.69, 9.17) is 0 Å². The third-order valence-electron chi connectivity index (χ3n) is 5.80. The predicted molar refractivity (Wildman–Crippen MR) is 99.9 cm³/mol. The molecule has 3 heteroatoms. The Kier molecular flexibility index (Phi) is 4.40. The summed E-state index contributed by atoms with van der Waals surface area (Å²) >= 11 is 3.80. The number of halogens is 1. The second-order valence-electron chi connectivity index (χ2n) is 7.29. The summed E-state index contributed by atoms with van der Waals surface area (Å²) in [5, 5.41) is 0. The Morgan fingerprint density at radius 1 is 1.04 bits per heavy atom. The predicted octanol–water partition coefficient (Wildman–Crippen LogP) is 5.31. The molecule has 23 heavy (non-hydrogen) atoms. The van der Waals surface area contributed by atoms with Crippen molar-refractivity contribution in [2.75, 3.05) is 7.05 Å². The van der Waals surface area contributed by atoms with Crippen LogP contribution in [0.1, 0.15) is 51.4 Å². The lowest BCUT2D eigenvalue weighted by atomic mass is 9.90. The molecular formula is C20H27BrN2. The van der Waals surface area contributed by atoms with E-state index in [0.29, 0.717) is 11.0 Å². The van der Waals surface area contributed by atoms with Gasteiger partial charge >= 0.3 is 0 Å². The molecule has 2 nitrogen and oxygen atoms in total. The van der Waals surface area contributed by atoms with Crippen LogP contribution >= 0.6 is 15.9 Å². The molecule has 0 aromatic carbocycles. The second-order valence-corrected chi connectivity index (χ2v) is 8.46. The standard InChI is InChI=1S/C20H27BrN2/c1-22-18-12-5-6-13-19(18)23(17-11-7-10-16(21)14-17)20(22)15-8-3-2-4-9-15/h2-3,7,11,14-16,20H,4-6,8-10,12-13H2,1H3. The first-order valence-corrected chi connectivity index (χ1v) is 10.1. The van der Waals surface area contributed by atoms with Gasteiger partial charge in [0.1, 0.15) is 6.17 Å². The van der Waals surface area contributed by atoms with Gasteiger partial charge in [-0.2, -0.15) is 0 Å². The number of rotatable bonds is 2. The molecule has 0 aromatic heterocycles. The zero-order valence-corrected chi connectivity index (χ0v) is 15.6. The van der Waals surface area contributed by atoms with Crippen molar-refractivity contribution in [3.8, 4) is 0 Å². The molecule has 0 radical (unpaired) electrons. The van der Waals surface area contributed by atoms with E-state index in [2.05, 4.69) is 63.2 Å². The van der Waals surface area contributed by atoms with Crippen molar-refractivity contribution in [2.45, 2.75) is 62.4 Å². The average molecular weight is 375 g/mol. The van der Waals surface area contributed by atoms with Crippen LogP contribution in [0.5, 0.6) is 0 Å². The van der Waals surface area contributed by atoms with Crippen molar-refractivity contribution >= 4 is 15.9 Å². The van der Waals surface area contributed by atoms with Gasteiger partial charge in [-0.3, -0.25) is 0 Å². The lowest BCUT2D eigenvalue weighted by Gasteiger charge is -2.40. The molecule has 0 N–H and O–H groups in total. The van der Waals surface area contributed by atoms with Crippen LogP contribution in [0.3, 0.4) is 0 Å². The molecule has 0 saturated heterocycles. The minimum absolute atomic E-state index is 0.480. The van der Waals surface area contributed by atoms with Gasteiger partial charge in [0, 0.05) is 34.9 Å². The summed E-state index contributed by atoms with van der Waals surface area (Å²) in [4.78, 5) is 5.79. The Morgan fingerprint density at radius 2 is 1.87 bits per heavy atom. The quantitative estimate of drug-likeness (QED) is 0.477. The van der Waals surface area contributed by atoms with Crippen LogP contribution in [0.15, 0.2) is 47.5 Å². The molecule has 3 aliphatic carbocycles. The fourth-order valence-corrected chi connectivity index (χ4v) is 5.20. The van der Waals surface area contributed by atoms with Crippen LogP contribution in [0.4, 0.5) is 0 Å². The van der Waals surface area contributed by atoms with Crippen molar-refractivity contribution in [2.24, 2.45) is 5.92 Å². The molecule has 0 saturated carbocycles. The Hall–Kier alpha value is -0.960. The number of hydrogen-bond acceptors (Lipinski definition) is 2. The van der Waals surface area contributed by atoms with Crippen LogP contribution in [0, 0.1) is 5.92 Å². The fraction of sp³-hybridized carbons (Fsp3) is 0.600. The van der Waals surface area contributed by atoms with Gasteiger partial charge < -0.3 is 9.80 Å². The first-order valence-electron chi connectivity index (χ1n) is 9.17. The van der Waals surface area contributed by atoms with E-state index in [1.807, 2.05) is 0 Å². The first-order chi connectivity index (χ1) is 11.3. The van der Waals surface area contributed by atoms with Crippen molar-refractivity contribution in [1.29, 1.82) is 0 Å². The number of hydrogen-bond donors (Lipinski definition) is 0. The summed E-state index contributed by atoms with van der Waals surface area (Å²) in [6.45, 7) is 0. The smallest absolute Gasteiger partial charge is 0.109 e. The normalized spacial score (nSPS) is 34.0. The van der Waals surface area contributed by atoms with Gasteiger partial charge in [-0.05, 0) is 63.5 Å². The van der Waals surface area contributed by atoms with Gasteiger partial charge in [-0.25, -0.2) is 0 Å². The summed E-state index contributed by atoms with van der Waals surface area (Å²) in [7, 11) is 2.34. The van der Waals surface area contributed by atoms with Crippen LogP contribution in [0.25, 0.3) is 0 Å². The topological polar surface area (TPSA) is 6.48 Å². The maximum Gasteiger partial charge on any atom is 0.109 e. The molecule has 0 aromatic rings. The Morgan fingerprint density at radius 3 is 2.61 bits per heavy atom. The van der Waals surface area contributed by atoms with E-state index in [1.54, 1.807) is 11.4 Å². The average Bonchev–Trinajstić information content (AvgIpc) is 2.89. The third kappa shape index (κ3) is 2.82. The molecule has 0 spiro atoms. The third-order valence-corrected chi connectivity index (χ3v) is 6.44. The molecule has 1 aliphatic heterocycles. The molecule has 3 atom stereocenters. The maximum atomic E-state index is 3.80. The molecule has 124 valence electrons. The molecule has 1 heterocycles. The summed E-state index contributed by atoms with van der Waals surface area (Å²) in [5.41, 5.74) is 4.63. The van der Waals surface area contributed by atoms with E-state index in [9.17, 15) is 0 Å². The molecule has 4 rings (SSSR count). The lowest BCUT2D eigenvalue weighted by molar-refractivity contribution is 0.117. The Bertz CT molecular complexity index is 586. The number of nitrogens with zero attached hydrogens (tertiary/aromatic N) is 2. The Labute approximate surface area is 148 Å². The van der Waals surface area contributed by atoms with E-state index in [0.717, 1.165) is 12.3 Å². The Balaban J connectivity index is 1.71. The second kappa shape index (κ2) is 6.51. The minimum Gasteiger partial charge on any atom is -0.356 e. The highest BCUT2D eigenvalue weighted by atomic mass is 79.9. The fourth-order valence-electron chi connectivity index (χ4n) is 4.72. The molecule has 0 fully saturated rings. The van der Waals surface area contributed by atoms with Crippen molar-refractivity contribution in [3.05, 3.63) is 47.5 Å². The highest BCUT2D eigenvalue weighted by molar-refractivity contribution is 9.09. The summed E-state index contributed by atoms with van der Waals surface area (Å²) in [5.74, 6) is 0.737. The first kappa shape index (κ1) is 15.6. The lowest BCUT2D eigenvalue weighted by Crippen LogP contribution is -2.44. The van der Waals surface area contributed by atoms with Crippen LogP contribution < -0.4 is 0 Å². The van der Waals surface area contributed by atoms with E-state index < -0.39 is 0 Å². The van der Waals surface area contributed by atoms with Crippen LogP contribution in [0.2, 0.25) is 0 Å². The summed E-state index contributed by atoms with van der Waals surface area (Å²) in [6, 6.07) is 0. The van der Waals surface area contributed by atoms with Gasteiger partial charge in [-0.15, -0.1) is 0 Å². The molecule has 4 aliphatic rings. The van der Waals surface area contributed by atoms with Gasteiger partial charge in [-0.1, -0.05) is 34.2 Å². The van der Waals surface area contributed by atoms with Gasteiger partial charge in [0.15, 0.2) is 0 Å². The van der Waals surface area contributed by atoms with Crippen molar-refractivity contribution in [3.63, 3.8) is 0 Å². The van der Waals surface area contributed by atoms with Crippen LogP contribution in [-0.4, -0.2) is 27.8 Å². The van der Waals surface area contributed by atoms with E-state index in [-0.39, 0.29) is 0 Å². The zero-order chi connectivity index (χ0) is 15.8. The highest BCUT2D eigenvalue weighted by Gasteiger charge is 2.42. The summed E-state index contributed by atoms with van der Waals surface area (Å²) < 4.78 is 0. The van der Waals surface area contributed by atoms with Gasteiger partial charge in [0.05, 0.1) is 0 Å². The van der Waals surface area contributed by atoms with E-state index >= 15 is 0 Å². The van der Waals surface area contributed by atoms with E-state index in [1.165, 1.54) is 50.6 Å². The summed E-state index contributed by atoms with van der Waals surface area (Å²) in [6.07, 6.45) is 22.5. The van der Waals surface area contributed by atoms with Crippen LogP contribution in [-0.2, 0) is 0 Å². The molecule has 0 bridgehead atoms. The van der Waals surface area contributed by atoms with Crippen molar-refractivity contribution in [1.82, 2.24) is 9.80 Å². The number of alkyl halides is 1. The largest absolute Gasteiger partial charge is 0.356 e. The minimum atomic E-state index is 0.480. The van der Waals surface area contributed by atoms with Gasteiger partial charge in [0.2, 0.25) is 0 Å². The van der Waals surface area contributed by atoms with Gasteiger partial charge in [0.25, 0.3) is 0 Å². The molecule has 0 amide bonds. The SMILES string of the molecule is CN1C2=C(CCCC2)N(C2=CC(Br)CC=C2)C1C1CC=CCC1. The van der Waals surface area contributed by atoms with Crippen molar-refractivity contribution < 1.29 is 0 Å². The maximum absolute atomic E-state index is 3.80. The monoisotopic (exact) mass is 374 g/mol. The number of allylic oxidation sites excluding steroid dienone is 7. The molecule has 3 unspecified atom stereocenters. The zero-order valence-electron chi connectivity index (χ0n) is 14.0.